The number of aromatic nitrogens is 1. The van der Waals surface area contributed by atoms with Crippen molar-refractivity contribution < 1.29 is 0 Å². The molecular formula is C14H19N3S. The van der Waals surface area contributed by atoms with Gasteiger partial charge in [0.25, 0.3) is 0 Å². The van der Waals surface area contributed by atoms with Crippen LogP contribution in [-0.4, -0.2) is 19.1 Å². The van der Waals surface area contributed by atoms with E-state index in [1.165, 1.54) is 16.8 Å². The summed E-state index contributed by atoms with van der Waals surface area (Å²) in [6, 6.07) is 6.59. The van der Waals surface area contributed by atoms with Crippen LogP contribution in [0.4, 0.5) is 5.69 Å². The minimum absolute atomic E-state index is 0.850. The number of benzene rings is 1. The molecule has 0 saturated carbocycles. The summed E-state index contributed by atoms with van der Waals surface area (Å²) in [5, 5.41) is 5.32. The zero-order chi connectivity index (χ0) is 13.0. The van der Waals surface area contributed by atoms with E-state index in [0.29, 0.717) is 0 Å². The average Bonchev–Trinajstić information content (AvgIpc) is 2.82. The van der Waals surface area contributed by atoms with Crippen LogP contribution in [0.1, 0.15) is 16.8 Å². The van der Waals surface area contributed by atoms with Gasteiger partial charge in [-0.3, -0.25) is 0 Å². The molecule has 1 aromatic heterocycles. The molecule has 2 aromatic rings. The van der Waals surface area contributed by atoms with Gasteiger partial charge in [0.15, 0.2) is 0 Å². The lowest BCUT2D eigenvalue weighted by molar-refractivity contribution is 0.802. The smallest absolute Gasteiger partial charge is 0.0795 e. The van der Waals surface area contributed by atoms with Gasteiger partial charge in [-0.05, 0) is 25.6 Å². The Bertz CT molecular complexity index is 494. The van der Waals surface area contributed by atoms with Crippen LogP contribution in [-0.2, 0) is 13.1 Å². The fourth-order valence-electron chi connectivity index (χ4n) is 2.06. The van der Waals surface area contributed by atoms with E-state index in [0.717, 1.165) is 18.8 Å². The van der Waals surface area contributed by atoms with Gasteiger partial charge in [-0.2, -0.15) is 0 Å². The van der Waals surface area contributed by atoms with E-state index >= 15 is 0 Å². The number of rotatable bonds is 5. The number of hydrogen-bond donors (Lipinski definition) is 1. The molecule has 1 heterocycles. The summed E-state index contributed by atoms with van der Waals surface area (Å²) < 4.78 is 0. The largest absolute Gasteiger partial charge is 0.368 e. The highest BCUT2D eigenvalue weighted by atomic mass is 32.1. The van der Waals surface area contributed by atoms with Gasteiger partial charge >= 0.3 is 0 Å². The molecule has 0 spiro atoms. The maximum Gasteiger partial charge on any atom is 0.0795 e. The van der Waals surface area contributed by atoms with Gasteiger partial charge in [-0.1, -0.05) is 17.7 Å². The van der Waals surface area contributed by atoms with Crippen LogP contribution in [0, 0.1) is 6.92 Å². The number of hydrogen-bond acceptors (Lipinski definition) is 4. The van der Waals surface area contributed by atoms with Gasteiger partial charge in [0.2, 0.25) is 0 Å². The number of nitrogens with one attached hydrogen (secondary N) is 1. The second-order valence-electron chi connectivity index (χ2n) is 4.50. The molecule has 0 unspecified atom stereocenters. The number of thiazole rings is 1. The zero-order valence-electron chi connectivity index (χ0n) is 11.1. The van der Waals surface area contributed by atoms with Crippen molar-refractivity contribution >= 4 is 17.0 Å². The van der Waals surface area contributed by atoms with Crippen LogP contribution in [0.2, 0.25) is 0 Å². The SMILES string of the molecule is CNCc1cc(C)ccc1N(C)Cc1cscn1. The second kappa shape index (κ2) is 5.98. The van der Waals surface area contributed by atoms with Crippen molar-refractivity contribution in [1.82, 2.24) is 10.3 Å². The van der Waals surface area contributed by atoms with E-state index in [2.05, 4.69) is 52.8 Å². The van der Waals surface area contributed by atoms with Crippen LogP contribution >= 0.6 is 11.3 Å². The second-order valence-corrected chi connectivity index (χ2v) is 5.22. The molecule has 0 aliphatic carbocycles. The Morgan fingerprint density at radius 2 is 2.22 bits per heavy atom. The molecule has 1 aromatic carbocycles. The third-order valence-corrected chi connectivity index (χ3v) is 3.53. The van der Waals surface area contributed by atoms with Gasteiger partial charge in [-0.15, -0.1) is 11.3 Å². The molecule has 0 aliphatic heterocycles. The van der Waals surface area contributed by atoms with Crippen molar-refractivity contribution in [3.8, 4) is 0 Å². The van der Waals surface area contributed by atoms with Crippen molar-refractivity contribution in [2.45, 2.75) is 20.0 Å². The maximum absolute atomic E-state index is 4.34. The Morgan fingerprint density at radius 3 is 2.89 bits per heavy atom. The third-order valence-electron chi connectivity index (χ3n) is 2.90. The highest BCUT2D eigenvalue weighted by molar-refractivity contribution is 7.07. The maximum atomic E-state index is 4.34. The molecule has 0 radical (unpaired) electrons. The first kappa shape index (κ1) is 13.1. The standard InChI is InChI=1S/C14H19N3S/c1-11-4-5-14(12(6-11)7-15-2)17(3)8-13-9-18-10-16-13/h4-6,9-10,15H,7-8H2,1-3H3. The summed E-state index contributed by atoms with van der Waals surface area (Å²) in [6.07, 6.45) is 0. The van der Waals surface area contributed by atoms with Crippen molar-refractivity contribution in [3.63, 3.8) is 0 Å². The monoisotopic (exact) mass is 261 g/mol. The van der Waals surface area contributed by atoms with Gasteiger partial charge in [0, 0.05) is 24.7 Å². The average molecular weight is 261 g/mol. The Balaban J connectivity index is 2.20. The Labute approximate surface area is 112 Å². The molecule has 0 bridgehead atoms. The van der Waals surface area contributed by atoms with E-state index < -0.39 is 0 Å². The van der Waals surface area contributed by atoms with Gasteiger partial charge in [-0.25, -0.2) is 4.98 Å². The molecule has 4 heteroatoms. The molecule has 0 atom stereocenters. The molecule has 0 fully saturated rings. The highest BCUT2D eigenvalue weighted by Gasteiger charge is 2.08. The lowest BCUT2D eigenvalue weighted by Gasteiger charge is -2.22. The van der Waals surface area contributed by atoms with Gasteiger partial charge < -0.3 is 10.2 Å². The highest BCUT2D eigenvalue weighted by Crippen LogP contribution is 2.22. The Morgan fingerprint density at radius 1 is 1.39 bits per heavy atom. The minimum Gasteiger partial charge on any atom is -0.368 e. The molecule has 18 heavy (non-hydrogen) atoms. The van der Waals surface area contributed by atoms with Crippen LogP contribution in [0.5, 0.6) is 0 Å². The minimum atomic E-state index is 0.850. The Kier molecular flexibility index (Phi) is 4.33. The molecule has 0 aliphatic rings. The fraction of sp³-hybridized carbons (Fsp3) is 0.357. The van der Waals surface area contributed by atoms with Crippen molar-refractivity contribution in [1.29, 1.82) is 0 Å². The van der Waals surface area contributed by atoms with Gasteiger partial charge in [0.05, 0.1) is 17.7 Å². The summed E-state index contributed by atoms with van der Waals surface area (Å²) in [5.41, 5.74) is 6.90. The van der Waals surface area contributed by atoms with Crippen molar-refractivity contribution in [3.05, 3.63) is 45.9 Å². The topological polar surface area (TPSA) is 28.2 Å². The summed E-state index contributed by atoms with van der Waals surface area (Å²) in [5.74, 6) is 0. The number of aryl methyl sites for hydroxylation is 1. The van der Waals surface area contributed by atoms with E-state index in [1.54, 1.807) is 11.3 Å². The molecular weight excluding hydrogens is 242 g/mol. The van der Waals surface area contributed by atoms with Crippen molar-refractivity contribution in [2.24, 2.45) is 0 Å². The molecule has 3 nitrogen and oxygen atoms in total. The molecule has 0 saturated heterocycles. The first-order valence-electron chi connectivity index (χ1n) is 6.03. The van der Waals surface area contributed by atoms with Gasteiger partial charge in [0.1, 0.15) is 0 Å². The van der Waals surface area contributed by atoms with E-state index in [4.69, 9.17) is 0 Å². The van der Waals surface area contributed by atoms with Crippen LogP contribution in [0.3, 0.4) is 0 Å². The quantitative estimate of drug-likeness (QED) is 0.897. The fourth-order valence-corrected chi connectivity index (χ4v) is 2.61. The van der Waals surface area contributed by atoms with E-state index in [9.17, 15) is 0 Å². The van der Waals surface area contributed by atoms with Crippen LogP contribution in [0.15, 0.2) is 29.1 Å². The zero-order valence-corrected chi connectivity index (χ0v) is 11.9. The lowest BCUT2D eigenvalue weighted by atomic mass is 10.1. The predicted molar refractivity (Wildman–Crippen MR) is 78.2 cm³/mol. The first-order valence-corrected chi connectivity index (χ1v) is 6.97. The van der Waals surface area contributed by atoms with Crippen LogP contribution < -0.4 is 10.2 Å². The lowest BCUT2D eigenvalue weighted by Crippen LogP contribution is -2.19. The molecule has 0 amide bonds. The summed E-state index contributed by atoms with van der Waals surface area (Å²) in [7, 11) is 4.09. The first-order chi connectivity index (χ1) is 8.70. The summed E-state index contributed by atoms with van der Waals surface area (Å²) in [4.78, 5) is 6.59. The number of anilines is 1. The predicted octanol–water partition coefficient (Wildman–Crippen LogP) is 2.81. The van der Waals surface area contributed by atoms with E-state index in [-0.39, 0.29) is 0 Å². The summed E-state index contributed by atoms with van der Waals surface area (Å²) >= 11 is 1.64. The summed E-state index contributed by atoms with van der Waals surface area (Å²) in [6.45, 7) is 3.87. The van der Waals surface area contributed by atoms with Crippen LogP contribution in [0.25, 0.3) is 0 Å². The third kappa shape index (κ3) is 3.09. The molecule has 1 N–H and O–H groups in total. The normalized spacial score (nSPS) is 10.6. The van der Waals surface area contributed by atoms with Crippen molar-refractivity contribution in [2.75, 3.05) is 19.0 Å². The Hall–Kier alpha value is -1.39. The molecule has 96 valence electrons. The van der Waals surface area contributed by atoms with E-state index in [1.807, 2.05) is 12.6 Å². The molecule has 2 rings (SSSR count). The number of nitrogens with zero attached hydrogens (tertiary/aromatic N) is 2.